The molecule has 198 valence electrons. The Morgan fingerprint density at radius 1 is 0.947 bits per heavy atom. The van der Waals surface area contributed by atoms with Crippen LogP contribution < -0.4 is 18.9 Å². The highest BCUT2D eigenvalue weighted by molar-refractivity contribution is 6.17. The predicted molar refractivity (Wildman–Crippen MR) is 142 cm³/mol. The van der Waals surface area contributed by atoms with E-state index in [2.05, 4.69) is 4.98 Å². The number of hydrogen-bond donors (Lipinski definition) is 1. The molecule has 4 aromatic rings. The van der Waals surface area contributed by atoms with Gasteiger partial charge in [0.25, 0.3) is 0 Å². The van der Waals surface area contributed by atoms with E-state index in [-0.39, 0.29) is 5.78 Å². The van der Waals surface area contributed by atoms with Crippen molar-refractivity contribution in [3.05, 3.63) is 77.0 Å². The van der Waals surface area contributed by atoms with Crippen LogP contribution in [0.5, 0.6) is 23.1 Å². The fourth-order valence-electron chi connectivity index (χ4n) is 4.35. The lowest BCUT2D eigenvalue weighted by Crippen LogP contribution is -2.26. The third-order valence-corrected chi connectivity index (χ3v) is 6.41. The van der Waals surface area contributed by atoms with Gasteiger partial charge in [-0.2, -0.15) is 4.98 Å². The van der Waals surface area contributed by atoms with Crippen molar-refractivity contribution in [1.29, 1.82) is 0 Å². The molecule has 1 atom stereocenters. The van der Waals surface area contributed by atoms with Crippen LogP contribution in [0.3, 0.4) is 0 Å². The third-order valence-electron chi connectivity index (χ3n) is 6.41. The van der Waals surface area contributed by atoms with Crippen molar-refractivity contribution in [2.75, 3.05) is 21.3 Å². The maximum atomic E-state index is 13.6. The van der Waals surface area contributed by atoms with Crippen LogP contribution in [0, 0.1) is 6.92 Å². The van der Waals surface area contributed by atoms with Gasteiger partial charge < -0.3 is 28.6 Å². The lowest BCUT2D eigenvalue weighted by Gasteiger charge is -2.17. The van der Waals surface area contributed by atoms with Crippen LogP contribution >= 0.6 is 0 Å². The van der Waals surface area contributed by atoms with E-state index in [0.717, 1.165) is 11.3 Å². The number of rotatable bonds is 11. The second-order valence-electron chi connectivity index (χ2n) is 8.67. The number of nitrogens with zero attached hydrogens (tertiary/aromatic N) is 2. The van der Waals surface area contributed by atoms with E-state index in [4.69, 9.17) is 18.9 Å². The van der Waals surface area contributed by atoms with E-state index in [1.54, 1.807) is 63.6 Å². The lowest BCUT2D eigenvalue weighted by atomic mass is 10.0. The number of hydrogen-bond acceptors (Lipinski definition) is 7. The molecule has 0 bridgehead atoms. The Morgan fingerprint density at radius 2 is 1.68 bits per heavy atom. The molecule has 9 nitrogen and oxygen atoms in total. The highest BCUT2D eigenvalue weighted by atomic mass is 16.5. The third kappa shape index (κ3) is 5.13. The average molecular weight is 519 g/mol. The Balaban J connectivity index is 1.76. The first-order valence-corrected chi connectivity index (χ1v) is 12.1. The molecule has 0 aliphatic rings. The lowest BCUT2D eigenvalue weighted by molar-refractivity contribution is -0.145. The van der Waals surface area contributed by atoms with Gasteiger partial charge in [-0.3, -0.25) is 4.79 Å². The number of aliphatic carboxylic acids is 1. The molecule has 0 aliphatic carbocycles. The molecule has 9 heteroatoms. The number of benzene rings is 2. The minimum atomic E-state index is -1.04. The van der Waals surface area contributed by atoms with Crippen molar-refractivity contribution in [1.82, 2.24) is 9.55 Å². The summed E-state index contributed by atoms with van der Waals surface area (Å²) >= 11 is 0. The summed E-state index contributed by atoms with van der Waals surface area (Å²) in [5, 5.41) is 10.1. The largest absolute Gasteiger partial charge is 0.497 e. The van der Waals surface area contributed by atoms with Crippen molar-refractivity contribution in [3.8, 4) is 23.1 Å². The number of fused-ring (bicyclic) bond motifs is 1. The van der Waals surface area contributed by atoms with Crippen LogP contribution in [-0.2, 0) is 11.3 Å². The Kier molecular flexibility index (Phi) is 7.85. The van der Waals surface area contributed by atoms with E-state index in [1.165, 1.54) is 7.11 Å². The Morgan fingerprint density at radius 3 is 2.29 bits per heavy atom. The molecule has 2 aromatic carbocycles. The van der Waals surface area contributed by atoms with Gasteiger partial charge in [0, 0.05) is 29.3 Å². The fourth-order valence-corrected chi connectivity index (χ4v) is 4.35. The van der Waals surface area contributed by atoms with E-state index in [1.807, 2.05) is 23.6 Å². The molecule has 0 saturated heterocycles. The summed E-state index contributed by atoms with van der Waals surface area (Å²) in [7, 11) is 4.62. The van der Waals surface area contributed by atoms with Crippen LogP contribution in [0.25, 0.3) is 11.0 Å². The minimum Gasteiger partial charge on any atom is -0.497 e. The molecule has 2 aromatic heterocycles. The van der Waals surface area contributed by atoms with E-state index in [0.29, 0.717) is 58.3 Å². The van der Waals surface area contributed by atoms with E-state index in [9.17, 15) is 14.7 Å². The van der Waals surface area contributed by atoms with Gasteiger partial charge in [-0.05, 0) is 61.4 Å². The highest BCUT2D eigenvalue weighted by Gasteiger charge is 2.24. The second-order valence-corrected chi connectivity index (χ2v) is 8.67. The Hall–Kier alpha value is -4.53. The van der Waals surface area contributed by atoms with Gasteiger partial charge in [0.2, 0.25) is 5.88 Å². The van der Waals surface area contributed by atoms with Gasteiger partial charge in [0.1, 0.15) is 11.4 Å². The number of pyridine rings is 1. The summed E-state index contributed by atoms with van der Waals surface area (Å²) in [6, 6.07) is 15.9. The quantitative estimate of drug-likeness (QED) is 0.280. The number of ether oxygens (including phenoxy) is 4. The summed E-state index contributed by atoms with van der Waals surface area (Å²) < 4.78 is 23.7. The number of ketones is 1. The van der Waals surface area contributed by atoms with Gasteiger partial charge in [0.05, 0.1) is 26.9 Å². The maximum Gasteiger partial charge on any atom is 0.344 e. The van der Waals surface area contributed by atoms with Crippen LogP contribution in [0.15, 0.2) is 54.6 Å². The molecule has 0 fully saturated rings. The van der Waals surface area contributed by atoms with Gasteiger partial charge in [0.15, 0.2) is 23.4 Å². The monoisotopic (exact) mass is 518 g/mol. The number of carbonyl (C=O) groups is 2. The molecule has 38 heavy (non-hydrogen) atoms. The zero-order chi connectivity index (χ0) is 27.4. The number of aromatic nitrogens is 2. The molecule has 2 heterocycles. The first kappa shape index (κ1) is 26.5. The van der Waals surface area contributed by atoms with Crippen molar-refractivity contribution in [3.63, 3.8) is 0 Å². The zero-order valence-electron chi connectivity index (χ0n) is 22.0. The standard InChI is InChI=1S/C29H30N2O7/c1-6-22(29(33)34)38-23-13-7-18(15-24(23)36-4)16-31-17(2)26(21-12-14-25(37-5)30-28(21)31)27(32)19-8-10-20(35-3)11-9-19/h7-15,22H,6,16H2,1-5H3,(H,33,34). The smallest absolute Gasteiger partial charge is 0.344 e. The van der Waals surface area contributed by atoms with Gasteiger partial charge >= 0.3 is 5.97 Å². The van der Waals surface area contributed by atoms with Crippen molar-refractivity contribution >= 4 is 22.8 Å². The second kappa shape index (κ2) is 11.2. The molecule has 4 rings (SSSR count). The maximum absolute atomic E-state index is 13.6. The molecule has 1 N–H and O–H groups in total. The fraction of sp³-hybridized carbons (Fsp3) is 0.276. The number of carbonyl (C=O) groups excluding carboxylic acids is 1. The first-order valence-electron chi connectivity index (χ1n) is 12.1. The van der Waals surface area contributed by atoms with Crippen LogP contribution in [-0.4, -0.2) is 53.8 Å². The van der Waals surface area contributed by atoms with Crippen LogP contribution in [0.2, 0.25) is 0 Å². The summed E-state index contributed by atoms with van der Waals surface area (Å²) in [6.07, 6.45) is -0.665. The molecular weight excluding hydrogens is 488 g/mol. The van der Waals surface area contributed by atoms with Crippen molar-refractivity contribution < 1.29 is 33.6 Å². The summed E-state index contributed by atoms with van der Waals surface area (Å²) in [5.74, 6) is 0.692. The average Bonchev–Trinajstić information content (AvgIpc) is 3.21. The molecule has 0 saturated carbocycles. The molecular formula is C29H30N2O7. The topological polar surface area (TPSA) is 109 Å². The number of carboxylic acids is 1. The van der Waals surface area contributed by atoms with Gasteiger partial charge in [-0.15, -0.1) is 0 Å². The summed E-state index contributed by atoms with van der Waals surface area (Å²) in [5.41, 5.74) is 3.30. The molecule has 0 radical (unpaired) electrons. The molecule has 0 amide bonds. The Labute approximate surface area is 220 Å². The van der Waals surface area contributed by atoms with E-state index < -0.39 is 12.1 Å². The summed E-state index contributed by atoms with van der Waals surface area (Å²) in [4.78, 5) is 29.7. The molecule has 1 unspecified atom stereocenters. The van der Waals surface area contributed by atoms with Crippen molar-refractivity contribution in [2.24, 2.45) is 0 Å². The Bertz CT molecular complexity index is 1470. The minimum absolute atomic E-state index is 0.124. The SMILES string of the molecule is CCC(Oc1ccc(Cn2c(C)c(C(=O)c3ccc(OC)cc3)c3ccc(OC)nc32)cc1OC)C(=O)O. The molecule has 0 aliphatic heterocycles. The van der Waals surface area contributed by atoms with Crippen LogP contribution in [0.1, 0.15) is 40.5 Å². The van der Waals surface area contributed by atoms with Gasteiger partial charge in [-0.25, -0.2) is 4.79 Å². The molecule has 0 spiro atoms. The first-order chi connectivity index (χ1) is 18.3. The normalized spacial score (nSPS) is 11.7. The predicted octanol–water partition coefficient (Wildman–Crippen LogP) is 4.89. The summed E-state index contributed by atoms with van der Waals surface area (Å²) in [6.45, 7) is 4.01. The zero-order valence-corrected chi connectivity index (χ0v) is 22.0. The van der Waals surface area contributed by atoms with Crippen LogP contribution in [0.4, 0.5) is 0 Å². The number of carboxylic acid groups (broad SMARTS) is 1. The number of methoxy groups -OCH3 is 3. The highest BCUT2D eigenvalue weighted by Crippen LogP contribution is 2.33. The van der Waals surface area contributed by atoms with Crippen molar-refractivity contribution in [2.45, 2.75) is 32.9 Å². The van der Waals surface area contributed by atoms with Gasteiger partial charge in [-0.1, -0.05) is 13.0 Å². The van der Waals surface area contributed by atoms with E-state index >= 15 is 0 Å².